The molecule has 3 rings (SSSR count). The number of fused-ring (bicyclic) bond motifs is 1. The minimum atomic E-state index is -3.32. The first-order valence-electron chi connectivity index (χ1n) is 9.39. The molecule has 8 nitrogen and oxygen atoms in total. The highest BCUT2D eigenvalue weighted by molar-refractivity contribution is 7.90. The van der Waals surface area contributed by atoms with Crippen molar-refractivity contribution in [2.75, 3.05) is 22.6 Å². The van der Waals surface area contributed by atoms with Crippen LogP contribution in [0.3, 0.4) is 0 Å². The number of hydrogen-bond donors (Lipinski definition) is 2. The Hall–Kier alpha value is -3.20. The van der Waals surface area contributed by atoms with Crippen LogP contribution in [0.15, 0.2) is 48.5 Å². The molecule has 0 radical (unpaired) electrons. The Balaban J connectivity index is 1.79. The van der Waals surface area contributed by atoms with Crippen molar-refractivity contribution < 1.29 is 22.8 Å². The third kappa shape index (κ3) is 5.24. The van der Waals surface area contributed by atoms with E-state index in [-0.39, 0.29) is 30.5 Å². The van der Waals surface area contributed by atoms with Crippen LogP contribution in [0.25, 0.3) is 0 Å². The first-order chi connectivity index (χ1) is 14.1. The average Bonchev–Trinajstić information content (AvgIpc) is 2.99. The van der Waals surface area contributed by atoms with Gasteiger partial charge >= 0.3 is 0 Å². The molecule has 9 heteroatoms. The maximum absolute atomic E-state index is 13.0. The van der Waals surface area contributed by atoms with E-state index >= 15 is 0 Å². The first-order valence-corrected chi connectivity index (χ1v) is 11.5. The maximum Gasteiger partial charge on any atom is 0.255 e. The Morgan fingerprint density at radius 3 is 2.20 bits per heavy atom. The van der Waals surface area contributed by atoms with Crippen molar-refractivity contribution in [1.29, 1.82) is 0 Å². The Morgan fingerprint density at radius 1 is 1.03 bits per heavy atom. The van der Waals surface area contributed by atoms with Crippen molar-refractivity contribution in [1.82, 2.24) is 4.90 Å². The van der Waals surface area contributed by atoms with Gasteiger partial charge in [0.05, 0.1) is 5.75 Å². The Kier molecular flexibility index (Phi) is 6.21. The number of anilines is 2. The second-order valence-corrected chi connectivity index (χ2v) is 9.53. The van der Waals surface area contributed by atoms with Crippen molar-refractivity contribution in [3.63, 3.8) is 0 Å². The number of carbonyl (C=O) groups is 3. The summed E-state index contributed by atoms with van der Waals surface area (Å²) in [4.78, 5) is 38.4. The average molecular weight is 429 g/mol. The van der Waals surface area contributed by atoms with Gasteiger partial charge in [0.1, 0.15) is 15.9 Å². The quantitative estimate of drug-likeness (QED) is 0.699. The molecule has 0 saturated carbocycles. The number of hydrogen-bond acceptors (Lipinski definition) is 5. The first kappa shape index (κ1) is 21.5. The van der Waals surface area contributed by atoms with Crippen LogP contribution in [-0.4, -0.2) is 49.1 Å². The van der Waals surface area contributed by atoms with Crippen LogP contribution in [-0.2, 0) is 26.0 Å². The molecule has 0 unspecified atom stereocenters. The summed E-state index contributed by atoms with van der Waals surface area (Å²) in [5.74, 6) is -1.18. The summed E-state index contributed by atoms with van der Waals surface area (Å²) in [5, 5.41) is 5.38. The number of rotatable bonds is 7. The molecule has 1 aliphatic heterocycles. The number of carbonyl (C=O) groups excluding carboxylic acids is 3. The lowest BCUT2D eigenvalue weighted by Crippen LogP contribution is -2.45. The third-order valence-electron chi connectivity index (χ3n) is 4.76. The van der Waals surface area contributed by atoms with Crippen molar-refractivity contribution in [3.05, 3.63) is 59.7 Å². The molecule has 3 amide bonds. The van der Waals surface area contributed by atoms with E-state index in [4.69, 9.17) is 0 Å². The van der Waals surface area contributed by atoms with Gasteiger partial charge in [-0.15, -0.1) is 0 Å². The molecule has 0 aromatic heterocycles. The number of amides is 3. The van der Waals surface area contributed by atoms with Crippen LogP contribution in [0.5, 0.6) is 0 Å². The molecule has 2 aromatic rings. The van der Waals surface area contributed by atoms with Gasteiger partial charge in [-0.25, -0.2) is 8.42 Å². The van der Waals surface area contributed by atoms with Crippen molar-refractivity contribution in [3.8, 4) is 0 Å². The van der Waals surface area contributed by atoms with Crippen molar-refractivity contribution in [2.45, 2.75) is 25.9 Å². The smallest absolute Gasteiger partial charge is 0.255 e. The monoisotopic (exact) mass is 429 g/mol. The van der Waals surface area contributed by atoms with Crippen LogP contribution in [0.2, 0.25) is 0 Å². The molecular weight excluding hydrogens is 406 g/mol. The highest BCUT2D eigenvalue weighted by Gasteiger charge is 2.36. The largest absolute Gasteiger partial charge is 0.326 e. The van der Waals surface area contributed by atoms with Gasteiger partial charge in [-0.05, 0) is 42.3 Å². The minimum Gasteiger partial charge on any atom is -0.326 e. The van der Waals surface area contributed by atoms with Gasteiger partial charge in [0, 0.05) is 36.7 Å². The van der Waals surface area contributed by atoms with Crippen molar-refractivity contribution >= 4 is 38.9 Å². The van der Waals surface area contributed by atoms with E-state index < -0.39 is 21.8 Å². The standard InChI is InChI=1S/C21H23N3O5S/c1-14(25)22-16-7-9-17(10-8-16)23-20(26)19(11-12-30(2,28)29)24-13-15-5-3-4-6-18(15)21(24)27/h3-10,19H,11-13H2,1-2H3,(H,22,25)(H,23,26)/t19-/m1/s1. The molecular formula is C21H23N3O5S. The third-order valence-corrected chi connectivity index (χ3v) is 5.74. The zero-order valence-electron chi connectivity index (χ0n) is 16.7. The fourth-order valence-electron chi connectivity index (χ4n) is 3.35. The molecule has 0 bridgehead atoms. The fourth-order valence-corrected chi connectivity index (χ4v) is 4.00. The van der Waals surface area contributed by atoms with E-state index in [0.29, 0.717) is 16.9 Å². The molecule has 0 aliphatic carbocycles. The topological polar surface area (TPSA) is 113 Å². The second-order valence-electron chi connectivity index (χ2n) is 7.27. The van der Waals surface area contributed by atoms with Gasteiger partial charge in [-0.2, -0.15) is 0 Å². The molecule has 1 heterocycles. The minimum absolute atomic E-state index is 0.00558. The van der Waals surface area contributed by atoms with Crippen LogP contribution >= 0.6 is 0 Å². The van der Waals surface area contributed by atoms with E-state index in [1.165, 1.54) is 11.8 Å². The van der Waals surface area contributed by atoms with Crippen LogP contribution in [0.4, 0.5) is 11.4 Å². The lowest BCUT2D eigenvalue weighted by molar-refractivity contribution is -0.120. The van der Waals surface area contributed by atoms with E-state index in [1.807, 2.05) is 12.1 Å². The molecule has 30 heavy (non-hydrogen) atoms. The summed E-state index contributed by atoms with van der Waals surface area (Å²) in [6.07, 6.45) is 1.09. The number of nitrogens with one attached hydrogen (secondary N) is 2. The van der Waals surface area contributed by atoms with Crippen LogP contribution in [0.1, 0.15) is 29.3 Å². The van der Waals surface area contributed by atoms with E-state index in [9.17, 15) is 22.8 Å². The summed E-state index contributed by atoms with van der Waals surface area (Å²) < 4.78 is 23.4. The summed E-state index contributed by atoms with van der Waals surface area (Å²) >= 11 is 0. The molecule has 2 N–H and O–H groups in total. The Bertz CT molecular complexity index is 1080. The maximum atomic E-state index is 13.0. The number of nitrogens with zero attached hydrogens (tertiary/aromatic N) is 1. The molecule has 0 saturated heterocycles. The zero-order valence-corrected chi connectivity index (χ0v) is 17.5. The predicted molar refractivity (Wildman–Crippen MR) is 114 cm³/mol. The van der Waals surface area contributed by atoms with Gasteiger partial charge in [-0.3, -0.25) is 14.4 Å². The predicted octanol–water partition coefficient (Wildman–Crippen LogP) is 2.04. The molecule has 1 atom stereocenters. The molecule has 158 valence electrons. The highest BCUT2D eigenvalue weighted by Crippen LogP contribution is 2.26. The fraction of sp³-hybridized carbons (Fsp3) is 0.286. The van der Waals surface area contributed by atoms with Gasteiger partial charge in [0.25, 0.3) is 5.91 Å². The normalized spacial score (nSPS) is 14.2. The molecule has 0 spiro atoms. The molecule has 0 fully saturated rings. The van der Waals surface area contributed by atoms with Crippen LogP contribution in [0, 0.1) is 0 Å². The van der Waals surface area contributed by atoms with Gasteiger partial charge in [-0.1, -0.05) is 18.2 Å². The lowest BCUT2D eigenvalue weighted by atomic mass is 10.1. The van der Waals surface area contributed by atoms with E-state index in [2.05, 4.69) is 10.6 Å². The van der Waals surface area contributed by atoms with Gasteiger partial charge < -0.3 is 15.5 Å². The Labute approximate surface area is 175 Å². The summed E-state index contributed by atoms with van der Waals surface area (Å²) in [7, 11) is -3.32. The van der Waals surface area contributed by atoms with E-state index in [0.717, 1.165) is 11.8 Å². The Morgan fingerprint density at radius 2 is 1.63 bits per heavy atom. The molecule has 2 aromatic carbocycles. The lowest BCUT2D eigenvalue weighted by Gasteiger charge is -2.26. The SMILES string of the molecule is CC(=O)Nc1ccc(NC(=O)[C@@H](CCS(C)(=O)=O)N2Cc3ccccc3C2=O)cc1. The number of benzene rings is 2. The van der Waals surface area contributed by atoms with Crippen molar-refractivity contribution in [2.24, 2.45) is 0 Å². The van der Waals surface area contributed by atoms with Gasteiger partial charge in [0.15, 0.2) is 0 Å². The van der Waals surface area contributed by atoms with Gasteiger partial charge in [0.2, 0.25) is 11.8 Å². The molecule has 1 aliphatic rings. The van der Waals surface area contributed by atoms with E-state index in [1.54, 1.807) is 36.4 Å². The highest BCUT2D eigenvalue weighted by atomic mass is 32.2. The van der Waals surface area contributed by atoms with Crippen LogP contribution < -0.4 is 10.6 Å². The summed E-state index contributed by atoms with van der Waals surface area (Å²) in [6, 6.07) is 12.7. The summed E-state index contributed by atoms with van der Waals surface area (Å²) in [6.45, 7) is 1.64. The summed E-state index contributed by atoms with van der Waals surface area (Å²) in [5.41, 5.74) is 2.38. The second kappa shape index (κ2) is 8.66. The number of sulfone groups is 1. The zero-order chi connectivity index (χ0) is 21.9.